The first-order valence-electron chi connectivity index (χ1n) is 7.82. The van der Waals surface area contributed by atoms with Crippen LogP contribution in [0.5, 0.6) is 11.5 Å². The number of methoxy groups -OCH3 is 2. The van der Waals surface area contributed by atoms with Crippen molar-refractivity contribution in [2.24, 2.45) is 0 Å². The molecule has 0 amide bonds. The highest BCUT2D eigenvalue weighted by Crippen LogP contribution is 2.39. The summed E-state index contributed by atoms with van der Waals surface area (Å²) in [5.74, 6) is 0.617. The third-order valence-electron chi connectivity index (χ3n) is 3.70. The molecule has 3 aromatic rings. The van der Waals surface area contributed by atoms with Gasteiger partial charge in [0.1, 0.15) is 11.6 Å². The van der Waals surface area contributed by atoms with Crippen LogP contribution < -0.4 is 9.47 Å². The molecule has 0 N–H and O–H groups in total. The van der Waals surface area contributed by atoms with E-state index in [1.54, 1.807) is 32.4 Å². The monoisotopic (exact) mass is 423 g/mol. The molecule has 27 heavy (non-hydrogen) atoms. The third kappa shape index (κ3) is 4.18. The average molecular weight is 424 g/mol. The van der Waals surface area contributed by atoms with Crippen molar-refractivity contribution in [1.82, 2.24) is 4.98 Å². The predicted molar refractivity (Wildman–Crippen MR) is 106 cm³/mol. The van der Waals surface area contributed by atoms with E-state index in [2.05, 4.69) is 4.98 Å². The Morgan fingerprint density at radius 1 is 1.07 bits per heavy atom. The molecule has 0 saturated carbocycles. The zero-order valence-corrected chi connectivity index (χ0v) is 16.8. The molecule has 8 heteroatoms. The van der Waals surface area contributed by atoms with Crippen molar-refractivity contribution in [3.05, 3.63) is 63.1 Å². The van der Waals surface area contributed by atoms with Gasteiger partial charge in [-0.1, -0.05) is 35.3 Å². The van der Waals surface area contributed by atoms with Gasteiger partial charge in [-0.25, -0.2) is 9.78 Å². The van der Waals surface area contributed by atoms with Crippen LogP contribution in [0, 0.1) is 0 Å². The van der Waals surface area contributed by atoms with Crippen LogP contribution in [0.1, 0.15) is 16.1 Å². The summed E-state index contributed by atoms with van der Waals surface area (Å²) >= 11 is 13.5. The van der Waals surface area contributed by atoms with Gasteiger partial charge >= 0.3 is 5.97 Å². The Morgan fingerprint density at radius 2 is 1.78 bits per heavy atom. The Balaban J connectivity index is 1.77. The van der Waals surface area contributed by atoms with Crippen molar-refractivity contribution in [2.75, 3.05) is 14.2 Å². The zero-order valence-electron chi connectivity index (χ0n) is 14.5. The third-order valence-corrected chi connectivity index (χ3v) is 5.26. The Bertz CT molecular complexity index is 954. The first-order chi connectivity index (χ1) is 13.0. The molecule has 0 fully saturated rings. The molecule has 1 heterocycles. The van der Waals surface area contributed by atoms with Crippen molar-refractivity contribution in [3.8, 4) is 22.1 Å². The molecule has 0 aliphatic rings. The summed E-state index contributed by atoms with van der Waals surface area (Å²) in [6, 6.07) is 10.4. The normalized spacial score (nSPS) is 10.5. The van der Waals surface area contributed by atoms with Gasteiger partial charge in [0.15, 0.2) is 11.5 Å². The largest absolute Gasteiger partial charge is 0.493 e. The first-order valence-corrected chi connectivity index (χ1v) is 9.45. The molecule has 5 nitrogen and oxygen atoms in total. The predicted octanol–water partition coefficient (Wildman–Crippen LogP) is 5.49. The smallest absolute Gasteiger partial charge is 0.341 e. The fraction of sp³-hybridized carbons (Fsp3) is 0.158. The van der Waals surface area contributed by atoms with E-state index in [9.17, 15) is 4.79 Å². The quantitative estimate of drug-likeness (QED) is 0.490. The minimum Gasteiger partial charge on any atom is -0.493 e. The van der Waals surface area contributed by atoms with Gasteiger partial charge in [0.2, 0.25) is 0 Å². The van der Waals surface area contributed by atoms with Crippen LogP contribution in [-0.2, 0) is 11.3 Å². The van der Waals surface area contributed by atoms with Crippen LogP contribution in [0.4, 0.5) is 0 Å². The molecule has 1 aromatic heterocycles. The van der Waals surface area contributed by atoms with E-state index >= 15 is 0 Å². The zero-order chi connectivity index (χ0) is 19.4. The van der Waals surface area contributed by atoms with Gasteiger partial charge in [0, 0.05) is 5.38 Å². The molecule has 2 aromatic carbocycles. The highest BCUT2D eigenvalue weighted by atomic mass is 35.5. The van der Waals surface area contributed by atoms with E-state index in [1.807, 2.05) is 23.6 Å². The van der Waals surface area contributed by atoms with Crippen molar-refractivity contribution < 1.29 is 19.0 Å². The standard InChI is InChI=1S/C19H15Cl2NO4S/c1-24-15-8-3-5-12(17(15)25-2)18-22-11(10-27-18)9-26-19(23)16-13(20)6-4-7-14(16)21/h3-8,10H,9H2,1-2H3. The summed E-state index contributed by atoms with van der Waals surface area (Å²) in [6.45, 7) is 0.00314. The number of halogens is 2. The number of benzene rings is 2. The molecule has 3 rings (SSSR count). The number of aromatic nitrogens is 1. The van der Waals surface area contributed by atoms with E-state index in [0.717, 1.165) is 10.6 Å². The first kappa shape index (κ1) is 19.5. The lowest BCUT2D eigenvalue weighted by molar-refractivity contribution is 0.0469. The number of hydrogen-bond donors (Lipinski definition) is 0. The second-order valence-corrected chi connectivity index (χ2v) is 7.03. The van der Waals surface area contributed by atoms with Crippen LogP contribution in [0.3, 0.4) is 0 Å². The molecule has 0 unspecified atom stereocenters. The summed E-state index contributed by atoms with van der Waals surface area (Å²) < 4.78 is 16.1. The molecule has 0 spiro atoms. The molecular formula is C19H15Cl2NO4S. The van der Waals surface area contributed by atoms with Crippen molar-refractivity contribution >= 4 is 40.5 Å². The van der Waals surface area contributed by atoms with Crippen molar-refractivity contribution in [2.45, 2.75) is 6.61 Å². The summed E-state index contributed by atoms with van der Waals surface area (Å²) in [5, 5.41) is 3.03. The average Bonchev–Trinajstić information content (AvgIpc) is 3.14. The second kappa shape index (κ2) is 8.61. The number of carbonyl (C=O) groups is 1. The Kier molecular flexibility index (Phi) is 6.21. The second-order valence-electron chi connectivity index (χ2n) is 5.36. The van der Waals surface area contributed by atoms with Crippen molar-refractivity contribution in [1.29, 1.82) is 0 Å². The maximum atomic E-state index is 12.3. The van der Waals surface area contributed by atoms with Crippen LogP contribution in [0.2, 0.25) is 10.0 Å². The van der Waals surface area contributed by atoms with E-state index in [-0.39, 0.29) is 22.2 Å². The summed E-state index contributed by atoms with van der Waals surface area (Å²) in [4.78, 5) is 16.8. The number of carbonyl (C=O) groups excluding carboxylic acids is 1. The SMILES string of the molecule is COc1cccc(-c2nc(COC(=O)c3c(Cl)cccc3Cl)cs2)c1OC. The Labute approximate surface area is 170 Å². The minimum absolute atomic E-state index is 0.00314. The van der Waals surface area contributed by atoms with Crippen LogP contribution in [0.25, 0.3) is 10.6 Å². The number of rotatable bonds is 6. The van der Waals surface area contributed by atoms with Gasteiger partial charge in [-0.15, -0.1) is 11.3 Å². The molecule has 0 aliphatic heterocycles. The van der Waals surface area contributed by atoms with E-state index < -0.39 is 5.97 Å². The van der Waals surface area contributed by atoms with E-state index in [0.29, 0.717) is 17.2 Å². The molecule has 140 valence electrons. The van der Waals surface area contributed by atoms with Gasteiger partial charge < -0.3 is 14.2 Å². The molecule has 0 bridgehead atoms. The summed E-state index contributed by atoms with van der Waals surface area (Å²) in [5.41, 5.74) is 1.55. The summed E-state index contributed by atoms with van der Waals surface area (Å²) in [7, 11) is 3.15. The minimum atomic E-state index is -0.598. The number of para-hydroxylation sites is 1. The highest BCUT2D eigenvalue weighted by Gasteiger charge is 2.18. The lowest BCUT2D eigenvalue weighted by Gasteiger charge is -2.10. The number of hydrogen-bond acceptors (Lipinski definition) is 6. The fourth-order valence-electron chi connectivity index (χ4n) is 2.46. The molecule has 0 saturated heterocycles. The number of thiazole rings is 1. The molecule has 0 aliphatic carbocycles. The number of ether oxygens (including phenoxy) is 3. The lowest BCUT2D eigenvalue weighted by atomic mass is 10.2. The Hall–Kier alpha value is -2.28. The maximum Gasteiger partial charge on any atom is 0.341 e. The van der Waals surface area contributed by atoms with Crippen LogP contribution in [0.15, 0.2) is 41.8 Å². The fourth-order valence-corrected chi connectivity index (χ4v) is 3.83. The topological polar surface area (TPSA) is 57.7 Å². The van der Waals surface area contributed by atoms with Crippen LogP contribution in [-0.4, -0.2) is 25.2 Å². The Morgan fingerprint density at radius 3 is 2.44 bits per heavy atom. The number of esters is 1. The molecule has 0 atom stereocenters. The summed E-state index contributed by atoms with van der Waals surface area (Å²) in [6.07, 6.45) is 0. The van der Waals surface area contributed by atoms with Gasteiger partial charge in [-0.05, 0) is 24.3 Å². The van der Waals surface area contributed by atoms with Crippen LogP contribution >= 0.6 is 34.5 Å². The van der Waals surface area contributed by atoms with Gasteiger partial charge in [0.05, 0.1) is 41.1 Å². The van der Waals surface area contributed by atoms with Gasteiger partial charge in [-0.3, -0.25) is 0 Å². The number of nitrogens with zero attached hydrogens (tertiary/aromatic N) is 1. The maximum absolute atomic E-state index is 12.3. The van der Waals surface area contributed by atoms with Crippen molar-refractivity contribution in [3.63, 3.8) is 0 Å². The van der Waals surface area contributed by atoms with E-state index in [1.165, 1.54) is 11.3 Å². The van der Waals surface area contributed by atoms with E-state index in [4.69, 9.17) is 37.4 Å². The van der Waals surface area contributed by atoms with Gasteiger partial charge in [0.25, 0.3) is 0 Å². The van der Waals surface area contributed by atoms with Gasteiger partial charge in [-0.2, -0.15) is 0 Å². The lowest BCUT2D eigenvalue weighted by Crippen LogP contribution is -2.07. The molecule has 0 radical (unpaired) electrons. The highest BCUT2D eigenvalue weighted by molar-refractivity contribution is 7.13. The molecular weight excluding hydrogens is 409 g/mol.